The zero-order valence-electron chi connectivity index (χ0n) is 16.4. The number of methoxy groups -OCH3 is 2. The summed E-state index contributed by atoms with van der Waals surface area (Å²) in [6.07, 6.45) is 3.16. The first-order valence-corrected chi connectivity index (χ1v) is 10.8. The van der Waals surface area contributed by atoms with Crippen LogP contribution in [-0.4, -0.2) is 76.9 Å². The van der Waals surface area contributed by atoms with Crippen molar-refractivity contribution in [2.75, 3.05) is 47.2 Å². The van der Waals surface area contributed by atoms with Crippen molar-refractivity contribution in [3.63, 3.8) is 0 Å². The number of ether oxygens (including phenoxy) is 2. The molecule has 1 aliphatic heterocycles. The molecular weight excluding hydrogens is 370 g/mol. The molecule has 1 aliphatic rings. The van der Waals surface area contributed by atoms with Crippen LogP contribution in [0.4, 0.5) is 4.79 Å². The molecule has 2 rings (SSSR count). The van der Waals surface area contributed by atoms with E-state index in [4.69, 9.17) is 9.47 Å². The second-order valence-electron chi connectivity index (χ2n) is 6.75. The summed E-state index contributed by atoms with van der Waals surface area (Å²) in [4.78, 5) is 14.0. The monoisotopic (exact) mass is 399 g/mol. The minimum absolute atomic E-state index is 0.000898. The molecule has 0 unspecified atom stereocenters. The molecule has 0 saturated carbocycles. The third kappa shape index (κ3) is 6.00. The maximum Gasteiger partial charge on any atom is 0.317 e. The molecule has 27 heavy (non-hydrogen) atoms. The summed E-state index contributed by atoms with van der Waals surface area (Å²) < 4.78 is 35.1. The molecule has 1 N–H and O–H groups in total. The molecule has 1 aromatic carbocycles. The van der Waals surface area contributed by atoms with Crippen molar-refractivity contribution in [3.8, 4) is 11.5 Å². The van der Waals surface area contributed by atoms with Crippen molar-refractivity contribution in [3.05, 3.63) is 23.8 Å². The van der Waals surface area contributed by atoms with Crippen LogP contribution in [0, 0.1) is 0 Å². The molecule has 1 aromatic rings. The SMILES string of the molecule is COc1ccc(CCN(C)C(=O)NC2CCN(S(C)(=O)=O)CC2)cc1OC. The van der Waals surface area contributed by atoms with Crippen molar-refractivity contribution in [2.24, 2.45) is 0 Å². The third-order valence-corrected chi connectivity index (χ3v) is 6.08. The summed E-state index contributed by atoms with van der Waals surface area (Å²) in [5.41, 5.74) is 1.05. The molecule has 0 radical (unpaired) electrons. The first-order chi connectivity index (χ1) is 12.7. The Kier molecular flexibility index (Phi) is 7.32. The fraction of sp³-hybridized carbons (Fsp3) is 0.611. The van der Waals surface area contributed by atoms with Crippen molar-refractivity contribution in [1.29, 1.82) is 0 Å². The minimum atomic E-state index is -3.15. The van der Waals surface area contributed by atoms with Gasteiger partial charge in [-0.3, -0.25) is 0 Å². The Balaban J connectivity index is 1.81. The highest BCUT2D eigenvalue weighted by Crippen LogP contribution is 2.27. The number of rotatable bonds is 7. The second kappa shape index (κ2) is 9.27. The number of sulfonamides is 1. The van der Waals surface area contributed by atoms with Crippen LogP contribution >= 0.6 is 0 Å². The zero-order chi connectivity index (χ0) is 20.0. The normalized spacial score (nSPS) is 16.0. The number of nitrogens with zero attached hydrogens (tertiary/aromatic N) is 2. The molecule has 152 valence electrons. The first-order valence-electron chi connectivity index (χ1n) is 8.92. The minimum Gasteiger partial charge on any atom is -0.493 e. The summed E-state index contributed by atoms with van der Waals surface area (Å²) in [6.45, 7) is 1.45. The van der Waals surface area contributed by atoms with Gasteiger partial charge in [0, 0.05) is 32.7 Å². The molecule has 0 bridgehead atoms. The van der Waals surface area contributed by atoms with Crippen LogP contribution in [0.15, 0.2) is 18.2 Å². The zero-order valence-corrected chi connectivity index (χ0v) is 17.2. The number of hydrogen-bond donors (Lipinski definition) is 1. The quantitative estimate of drug-likeness (QED) is 0.747. The Morgan fingerprint density at radius 2 is 1.85 bits per heavy atom. The van der Waals surface area contributed by atoms with Gasteiger partial charge < -0.3 is 19.7 Å². The molecule has 0 spiro atoms. The molecule has 9 heteroatoms. The number of piperidine rings is 1. The standard InChI is InChI=1S/C18H29N3O5S/c1-20(10-7-14-5-6-16(25-2)17(13-14)26-3)18(22)19-15-8-11-21(12-9-15)27(4,23)24/h5-6,13,15H,7-12H2,1-4H3,(H,19,22). The van der Waals surface area contributed by atoms with Gasteiger partial charge in [0.25, 0.3) is 0 Å². The molecular formula is C18H29N3O5S. The average molecular weight is 400 g/mol. The molecule has 0 atom stereocenters. The van der Waals surface area contributed by atoms with Crippen LogP contribution in [0.2, 0.25) is 0 Å². The highest BCUT2D eigenvalue weighted by molar-refractivity contribution is 7.88. The van der Waals surface area contributed by atoms with Crippen LogP contribution in [0.1, 0.15) is 18.4 Å². The highest BCUT2D eigenvalue weighted by Gasteiger charge is 2.26. The average Bonchev–Trinajstić information content (AvgIpc) is 2.65. The number of nitrogens with one attached hydrogen (secondary N) is 1. The molecule has 8 nitrogen and oxygen atoms in total. The number of carbonyl (C=O) groups is 1. The van der Waals surface area contributed by atoms with E-state index in [1.54, 1.807) is 26.2 Å². The predicted molar refractivity (Wildman–Crippen MR) is 104 cm³/mol. The topological polar surface area (TPSA) is 88.2 Å². The van der Waals surface area contributed by atoms with E-state index in [0.29, 0.717) is 50.4 Å². The van der Waals surface area contributed by atoms with E-state index < -0.39 is 10.0 Å². The van der Waals surface area contributed by atoms with Crippen LogP contribution in [0.3, 0.4) is 0 Å². The number of carbonyl (C=O) groups excluding carboxylic acids is 1. The van der Waals surface area contributed by atoms with Gasteiger partial charge in [0.15, 0.2) is 11.5 Å². The van der Waals surface area contributed by atoms with Gasteiger partial charge in [0.2, 0.25) is 10.0 Å². The van der Waals surface area contributed by atoms with Gasteiger partial charge in [0.1, 0.15) is 0 Å². The maximum atomic E-state index is 12.4. The van der Waals surface area contributed by atoms with Crippen molar-refractivity contribution in [2.45, 2.75) is 25.3 Å². The maximum absolute atomic E-state index is 12.4. The highest BCUT2D eigenvalue weighted by atomic mass is 32.2. The van der Waals surface area contributed by atoms with E-state index in [1.807, 2.05) is 18.2 Å². The van der Waals surface area contributed by atoms with Gasteiger partial charge in [-0.05, 0) is 37.0 Å². The summed E-state index contributed by atoms with van der Waals surface area (Å²) in [5.74, 6) is 1.34. The number of urea groups is 1. The number of likely N-dealkylation sites (N-methyl/N-ethyl adjacent to an activating group) is 1. The summed E-state index contributed by atoms with van der Waals surface area (Å²) in [5, 5.41) is 2.99. The van der Waals surface area contributed by atoms with Crippen LogP contribution in [-0.2, 0) is 16.4 Å². The Morgan fingerprint density at radius 1 is 1.22 bits per heavy atom. The summed E-state index contributed by atoms with van der Waals surface area (Å²) in [7, 11) is 1.79. The Morgan fingerprint density at radius 3 is 2.41 bits per heavy atom. The second-order valence-corrected chi connectivity index (χ2v) is 8.73. The summed E-state index contributed by atoms with van der Waals surface area (Å²) >= 11 is 0. The van der Waals surface area contributed by atoms with Gasteiger partial charge in [-0.15, -0.1) is 0 Å². The van der Waals surface area contributed by atoms with E-state index in [-0.39, 0.29) is 12.1 Å². The van der Waals surface area contributed by atoms with Gasteiger partial charge >= 0.3 is 6.03 Å². The Hall–Kier alpha value is -2.00. The fourth-order valence-corrected chi connectivity index (χ4v) is 3.93. The molecule has 1 fully saturated rings. The van der Waals surface area contributed by atoms with E-state index in [2.05, 4.69) is 5.32 Å². The first kappa shape index (κ1) is 21.3. The molecule has 2 amide bonds. The molecule has 1 heterocycles. The Labute approximate surface area is 161 Å². The third-order valence-electron chi connectivity index (χ3n) is 4.78. The lowest BCUT2D eigenvalue weighted by molar-refractivity contribution is 0.197. The van der Waals surface area contributed by atoms with Gasteiger partial charge in [-0.1, -0.05) is 6.07 Å². The molecule has 0 aliphatic carbocycles. The lowest BCUT2D eigenvalue weighted by atomic mass is 10.1. The van der Waals surface area contributed by atoms with Crippen molar-refractivity contribution >= 4 is 16.1 Å². The smallest absolute Gasteiger partial charge is 0.317 e. The number of benzene rings is 1. The largest absolute Gasteiger partial charge is 0.493 e. The van der Waals surface area contributed by atoms with Crippen molar-refractivity contribution < 1.29 is 22.7 Å². The predicted octanol–water partition coefficient (Wildman–Crippen LogP) is 1.31. The van der Waals surface area contributed by atoms with E-state index in [0.717, 1.165) is 5.56 Å². The van der Waals surface area contributed by atoms with E-state index in [1.165, 1.54) is 10.6 Å². The van der Waals surface area contributed by atoms with Crippen LogP contribution in [0.25, 0.3) is 0 Å². The number of amides is 2. The number of hydrogen-bond acceptors (Lipinski definition) is 5. The lowest BCUT2D eigenvalue weighted by Crippen LogP contribution is -2.49. The summed E-state index contributed by atoms with van der Waals surface area (Å²) in [6, 6.07) is 5.57. The van der Waals surface area contributed by atoms with E-state index in [9.17, 15) is 13.2 Å². The molecule has 0 aromatic heterocycles. The van der Waals surface area contributed by atoms with Gasteiger partial charge in [-0.2, -0.15) is 0 Å². The fourth-order valence-electron chi connectivity index (χ4n) is 3.05. The van der Waals surface area contributed by atoms with Crippen molar-refractivity contribution in [1.82, 2.24) is 14.5 Å². The van der Waals surface area contributed by atoms with Gasteiger partial charge in [0.05, 0.1) is 20.5 Å². The Bertz CT molecular complexity index is 745. The van der Waals surface area contributed by atoms with Gasteiger partial charge in [-0.25, -0.2) is 17.5 Å². The van der Waals surface area contributed by atoms with Crippen LogP contribution in [0.5, 0.6) is 11.5 Å². The lowest BCUT2D eigenvalue weighted by Gasteiger charge is -2.31. The van der Waals surface area contributed by atoms with E-state index >= 15 is 0 Å². The molecule has 1 saturated heterocycles. The van der Waals surface area contributed by atoms with Crippen LogP contribution < -0.4 is 14.8 Å².